The van der Waals surface area contributed by atoms with Gasteiger partial charge in [0.05, 0.1) is 23.7 Å². The number of carbonyl (C=O) groups excluding carboxylic acids is 1. The molecular weight excluding hydrogens is 404 g/mol. The Morgan fingerprint density at radius 2 is 1.81 bits per heavy atom. The summed E-state index contributed by atoms with van der Waals surface area (Å²) in [5, 5.41) is 11.8. The average Bonchev–Trinajstić information content (AvgIpc) is 3.61. The Kier molecular flexibility index (Phi) is 5.09. The Bertz CT molecular complexity index is 1310. The Morgan fingerprint density at radius 1 is 1.00 bits per heavy atom. The van der Waals surface area contributed by atoms with Crippen LogP contribution in [0.15, 0.2) is 96.1 Å². The molecule has 1 atom stereocenters. The van der Waals surface area contributed by atoms with Gasteiger partial charge in [-0.1, -0.05) is 30.3 Å². The van der Waals surface area contributed by atoms with Gasteiger partial charge in [0.1, 0.15) is 24.0 Å². The second kappa shape index (κ2) is 8.35. The van der Waals surface area contributed by atoms with Gasteiger partial charge in [0.15, 0.2) is 5.76 Å². The van der Waals surface area contributed by atoms with E-state index in [0.29, 0.717) is 17.1 Å². The van der Waals surface area contributed by atoms with Gasteiger partial charge in [0, 0.05) is 6.07 Å². The lowest BCUT2D eigenvalue weighted by Gasteiger charge is -2.15. The van der Waals surface area contributed by atoms with Crippen LogP contribution in [0.3, 0.4) is 0 Å². The van der Waals surface area contributed by atoms with E-state index in [2.05, 4.69) is 20.5 Å². The first-order chi connectivity index (χ1) is 15.7. The molecule has 0 saturated heterocycles. The highest BCUT2D eigenvalue weighted by molar-refractivity contribution is 5.94. The van der Waals surface area contributed by atoms with E-state index in [1.165, 1.54) is 6.33 Å². The van der Waals surface area contributed by atoms with Gasteiger partial charge in [0.25, 0.3) is 5.91 Å². The zero-order valence-electron chi connectivity index (χ0n) is 17.3. The van der Waals surface area contributed by atoms with Crippen molar-refractivity contribution in [1.82, 2.24) is 29.9 Å². The van der Waals surface area contributed by atoms with Crippen LogP contribution in [0, 0.1) is 0 Å². The fourth-order valence-electron chi connectivity index (χ4n) is 3.46. The predicted molar refractivity (Wildman–Crippen MR) is 119 cm³/mol. The molecule has 32 heavy (non-hydrogen) atoms. The zero-order chi connectivity index (χ0) is 21.9. The molecular formula is C24H20N6O2. The van der Waals surface area contributed by atoms with Gasteiger partial charge in [-0.3, -0.25) is 4.79 Å². The van der Waals surface area contributed by atoms with Crippen molar-refractivity contribution >= 4 is 5.91 Å². The first-order valence-corrected chi connectivity index (χ1v) is 10.1. The van der Waals surface area contributed by atoms with Gasteiger partial charge in [-0.2, -0.15) is 10.2 Å². The molecule has 8 heteroatoms. The molecule has 0 unspecified atom stereocenters. The molecule has 158 valence electrons. The first-order valence-electron chi connectivity index (χ1n) is 10.1. The van der Waals surface area contributed by atoms with Crippen molar-refractivity contribution in [2.75, 3.05) is 0 Å². The number of furan rings is 1. The number of aromatic nitrogens is 5. The number of benzene rings is 2. The molecule has 0 spiro atoms. The van der Waals surface area contributed by atoms with E-state index in [9.17, 15) is 4.79 Å². The molecule has 8 nitrogen and oxygen atoms in total. The van der Waals surface area contributed by atoms with E-state index >= 15 is 0 Å². The molecule has 0 aliphatic rings. The summed E-state index contributed by atoms with van der Waals surface area (Å²) in [6.45, 7) is 1.94. The van der Waals surface area contributed by atoms with Crippen LogP contribution in [0.1, 0.15) is 29.0 Å². The number of nitrogens with zero attached hydrogens (tertiary/aromatic N) is 5. The number of para-hydroxylation sites is 1. The molecule has 3 heterocycles. The van der Waals surface area contributed by atoms with Crippen LogP contribution >= 0.6 is 0 Å². The number of hydrogen-bond donors (Lipinski definition) is 1. The largest absolute Gasteiger partial charge is 0.463 e. The van der Waals surface area contributed by atoms with E-state index < -0.39 is 0 Å². The van der Waals surface area contributed by atoms with Crippen molar-refractivity contribution in [2.24, 2.45) is 0 Å². The maximum Gasteiger partial charge on any atom is 0.270 e. The van der Waals surface area contributed by atoms with Crippen molar-refractivity contribution < 1.29 is 9.21 Å². The number of nitrogens with one attached hydrogen (secondary N) is 1. The van der Waals surface area contributed by atoms with Gasteiger partial charge in [0.2, 0.25) is 0 Å². The first kappa shape index (κ1) is 19.5. The normalized spacial score (nSPS) is 11.9. The molecule has 0 bridgehead atoms. The highest BCUT2D eigenvalue weighted by Gasteiger charge is 2.20. The highest BCUT2D eigenvalue weighted by atomic mass is 16.3. The summed E-state index contributed by atoms with van der Waals surface area (Å²) in [5.41, 5.74) is 3.68. The minimum Gasteiger partial charge on any atom is -0.463 e. The lowest BCUT2D eigenvalue weighted by molar-refractivity contribution is 0.0932. The van der Waals surface area contributed by atoms with Gasteiger partial charge in [-0.05, 0) is 48.9 Å². The quantitative estimate of drug-likeness (QED) is 0.441. The van der Waals surface area contributed by atoms with E-state index in [-0.39, 0.29) is 11.9 Å². The Hall–Kier alpha value is -4.46. The second-order valence-corrected chi connectivity index (χ2v) is 7.27. The topological polar surface area (TPSA) is 90.8 Å². The Labute approximate surface area is 184 Å². The molecule has 5 rings (SSSR count). The minimum atomic E-state index is -0.230. The molecule has 5 aromatic rings. The number of amides is 1. The molecule has 1 amide bonds. The summed E-state index contributed by atoms with van der Waals surface area (Å²) in [6.07, 6.45) is 4.72. The third-order valence-electron chi connectivity index (χ3n) is 5.14. The second-order valence-electron chi connectivity index (χ2n) is 7.27. The minimum absolute atomic E-state index is 0.210. The molecule has 0 fully saturated rings. The standard InChI is InChI=1S/C24H20N6O2/c1-17(18-9-11-19(12-10-18)29-16-25-15-26-29)27-24(31)22-14-21(23-8-5-13-32-23)28-30(22)20-6-3-2-4-7-20/h2-17H,1H3,(H,27,31)/t17-/m1/s1. The SMILES string of the molecule is C[C@@H](NC(=O)c1cc(-c2ccco2)nn1-c1ccccc1)c1ccc(-n2cncn2)cc1. The lowest BCUT2D eigenvalue weighted by atomic mass is 10.1. The third-order valence-corrected chi connectivity index (χ3v) is 5.14. The number of hydrogen-bond acceptors (Lipinski definition) is 5. The molecule has 0 saturated carbocycles. The summed E-state index contributed by atoms with van der Waals surface area (Å²) in [5.74, 6) is 0.373. The maximum atomic E-state index is 13.2. The van der Waals surface area contributed by atoms with Crippen LogP contribution in [-0.2, 0) is 0 Å². The average molecular weight is 424 g/mol. The molecule has 0 radical (unpaired) electrons. The van der Waals surface area contributed by atoms with Crippen molar-refractivity contribution in [1.29, 1.82) is 0 Å². The van der Waals surface area contributed by atoms with Gasteiger partial charge in [-0.25, -0.2) is 14.3 Å². The fourth-order valence-corrected chi connectivity index (χ4v) is 3.46. The predicted octanol–water partition coefficient (Wildman–Crippen LogP) is 4.20. The van der Waals surface area contributed by atoms with Crippen molar-refractivity contribution in [3.05, 3.63) is 103 Å². The summed E-state index contributed by atoms with van der Waals surface area (Å²) in [4.78, 5) is 17.2. The Balaban J connectivity index is 1.41. The Morgan fingerprint density at radius 3 is 2.50 bits per heavy atom. The lowest BCUT2D eigenvalue weighted by Crippen LogP contribution is -2.28. The van der Waals surface area contributed by atoms with Crippen molar-refractivity contribution in [3.63, 3.8) is 0 Å². The van der Waals surface area contributed by atoms with Crippen LogP contribution < -0.4 is 5.32 Å². The monoisotopic (exact) mass is 424 g/mol. The zero-order valence-corrected chi connectivity index (χ0v) is 17.3. The molecule has 3 aromatic heterocycles. The molecule has 2 aromatic carbocycles. The van der Waals surface area contributed by atoms with E-state index in [4.69, 9.17) is 4.42 Å². The number of rotatable bonds is 6. The van der Waals surface area contributed by atoms with Crippen LogP contribution in [0.4, 0.5) is 0 Å². The number of carbonyl (C=O) groups is 1. The van der Waals surface area contributed by atoms with Crippen LogP contribution in [0.5, 0.6) is 0 Å². The van der Waals surface area contributed by atoms with E-state index in [0.717, 1.165) is 16.9 Å². The van der Waals surface area contributed by atoms with Gasteiger partial charge >= 0.3 is 0 Å². The van der Waals surface area contributed by atoms with E-state index in [1.54, 1.807) is 34.1 Å². The van der Waals surface area contributed by atoms with E-state index in [1.807, 2.05) is 67.6 Å². The van der Waals surface area contributed by atoms with Crippen molar-refractivity contribution in [2.45, 2.75) is 13.0 Å². The van der Waals surface area contributed by atoms with Gasteiger partial charge in [-0.15, -0.1) is 0 Å². The summed E-state index contributed by atoms with van der Waals surface area (Å²) in [6, 6.07) is 22.5. The molecule has 0 aliphatic carbocycles. The smallest absolute Gasteiger partial charge is 0.270 e. The van der Waals surface area contributed by atoms with Crippen LogP contribution in [0.2, 0.25) is 0 Å². The summed E-state index contributed by atoms with van der Waals surface area (Å²) >= 11 is 0. The fraction of sp³-hybridized carbons (Fsp3) is 0.0833. The maximum absolute atomic E-state index is 13.2. The molecule has 1 N–H and O–H groups in total. The highest BCUT2D eigenvalue weighted by Crippen LogP contribution is 2.23. The molecule has 0 aliphatic heterocycles. The van der Waals surface area contributed by atoms with Gasteiger partial charge < -0.3 is 9.73 Å². The summed E-state index contributed by atoms with van der Waals surface area (Å²) in [7, 11) is 0. The summed E-state index contributed by atoms with van der Waals surface area (Å²) < 4.78 is 8.79. The van der Waals surface area contributed by atoms with Crippen molar-refractivity contribution in [3.8, 4) is 22.8 Å². The third kappa shape index (κ3) is 3.81. The van der Waals surface area contributed by atoms with Crippen LogP contribution in [0.25, 0.3) is 22.8 Å². The van der Waals surface area contributed by atoms with Crippen LogP contribution in [-0.4, -0.2) is 30.5 Å².